The van der Waals surface area contributed by atoms with Crippen molar-refractivity contribution in [1.29, 1.82) is 0 Å². The van der Waals surface area contributed by atoms with Crippen LogP contribution in [0.25, 0.3) is 0 Å². The van der Waals surface area contributed by atoms with Gasteiger partial charge in [-0.1, -0.05) is 12.8 Å². The first-order valence-corrected chi connectivity index (χ1v) is 4.06. The smallest absolute Gasteiger partial charge is 0.303 e. The van der Waals surface area contributed by atoms with Crippen molar-refractivity contribution in [3.05, 3.63) is 0 Å². The third-order valence-electron chi connectivity index (χ3n) is 1.53. The summed E-state index contributed by atoms with van der Waals surface area (Å²) in [6.07, 6.45) is 3.28. The summed E-state index contributed by atoms with van der Waals surface area (Å²) in [7, 11) is 0. The fraction of sp³-hybridized carbons (Fsp3) is 0.750. The molecule has 6 heteroatoms. The number of carboxylic acids is 2. The molecule has 0 unspecified atom stereocenters. The van der Waals surface area contributed by atoms with E-state index in [0.717, 1.165) is 12.8 Å². The van der Waals surface area contributed by atoms with E-state index in [0.29, 0.717) is 12.8 Å². The van der Waals surface area contributed by atoms with Crippen LogP contribution in [0.2, 0.25) is 0 Å². The van der Waals surface area contributed by atoms with Gasteiger partial charge in [-0.05, 0) is 12.8 Å². The Balaban J connectivity index is -0.000000605. The third-order valence-corrected chi connectivity index (χ3v) is 1.53. The second-order valence-corrected chi connectivity index (χ2v) is 2.70. The maximum absolute atomic E-state index is 10.0. The Morgan fingerprint density at radius 1 is 0.714 bits per heavy atom. The van der Waals surface area contributed by atoms with Crippen LogP contribution in [0.3, 0.4) is 0 Å². The second-order valence-electron chi connectivity index (χ2n) is 2.70. The van der Waals surface area contributed by atoms with E-state index in [4.69, 9.17) is 10.2 Å². The van der Waals surface area contributed by atoms with Crippen molar-refractivity contribution in [2.45, 2.75) is 38.5 Å². The van der Waals surface area contributed by atoms with Crippen molar-refractivity contribution in [3.8, 4) is 0 Å². The zero-order valence-electron chi connectivity index (χ0n) is 7.56. The minimum absolute atomic E-state index is 0. The van der Waals surface area contributed by atoms with Crippen LogP contribution in [0.4, 0.5) is 0 Å². The zero-order chi connectivity index (χ0) is 9.40. The molecule has 2 radical (unpaired) electrons. The molecule has 0 saturated carbocycles. The first-order chi connectivity index (χ1) is 5.63. The molecule has 0 heterocycles. The van der Waals surface area contributed by atoms with Crippen LogP contribution in [0.1, 0.15) is 38.5 Å². The van der Waals surface area contributed by atoms with E-state index in [1.54, 1.807) is 0 Å². The monoisotopic (exact) mass is 388 g/mol. The van der Waals surface area contributed by atoms with Gasteiger partial charge in [-0.3, -0.25) is 9.59 Å². The van der Waals surface area contributed by atoms with Crippen LogP contribution < -0.4 is 0 Å². The predicted molar refractivity (Wildman–Crippen MR) is 43.0 cm³/mol. The summed E-state index contributed by atoms with van der Waals surface area (Å²) in [5, 5.41) is 16.5. The summed E-state index contributed by atoms with van der Waals surface area (Å²) in [6.45, 7) is 0. The number of unbranched alkanes of at least 4 members (excludes halogenated alkanes) is 3. The van der Waals surface area contributed by atoms with Crippen molar-refractivity contribution in [3.63, 3.8) is 0 Å². The van der Waals surface area contributed by atoms with Gasteiger partial charge in [0, 0.05) is 57.6 Å². The first kappa shape index (κ1) is 19.9. The Kier molecular flexibility index (Phi) is 19.1. The topological polar surface area (TPSA) is 74.6 Å². The van der Waals surface area contributed by atoms with Crippen molar-refractivity contribution in [1.82, 2.24) is 0 Å². The summed E-state index contributed by atoms with van der Waals surface area (Å²) in [6, 6.07) is 0. The molecular weight excluding hydrogens is 376 g/mol. The van der Waals surface area contributed by atoms with Gasteiger partial charge in [-0.25, -0.2) is 0 Å². The molecule has 0 spiro atoms. The molecule has 0 aromatic heterocycles. The number of hydrogen-bond donors (Lipinski definition) is 2. The van der Waals surface area contributed by atoms with Gasteiger partial charge in [0.15, 0.2) is 0 Å². The van der Waals surface area contributed by atoms with Gasteiger partial charge >= 0.3 is 11.9 Å². The molecule has 92 valence electrons. The zero-order valence-corrected chi connectivity index (χ0v) is 10.5. The summed E-state index contributed by atoms with van der Waals surface area (Å²) >= 11 is 0. The molecule has 0 aliphatic carbocycles. The molecule has 0 aromatic rings. The minimum atomic E-state index is -0.784. The number of hydrogen-bond acceptors (Lipinski definition) is 2. The Morgan fingerprint density at radius 2 is 1.00 bits per heavy atom. The van der Waals surface area contributed by atoms with Gasteiger partial charge in [-0.2, -0.15) is 0 Å². The Morgan fingerprint density at radius 3 is 1.21 bits per heavy atom. The number of aliphatic carboxylic acids is 2. The normalized spacial score (nSPS) is 8.29. The Hall–Kier alpha value is 0.421. The van der Waals surface area contributed by atoms with Gasteiger partial charge in [-0.15, -0.1) is 0 Å². The average Bonchev–Trinajstić information content (AvgIpc) is 1.95. The van der Waals surface area contributed by atoms with E-state index in [9.17, 15) is 9.59 Å². The van der Waals surface area contributed by atoms with Gasteiger partial charge in [0.25, 0.3) is 0 Å². The van der Waals surface area contributed by atoms with Gasteiger partial charge < -0.3 is 10.2 Å². The molecule has 0 aliphatic heterocycles. The van der Waals surface area contributed by atoms with E-state index in [1.165, 1.54) is 0 Å². The summed E-state index contributed by atoms with van der Waals surface area (Å²) in [5.74, 6) is -1.57. The van der Waals surface area contributed by atoms with Crippen LogP contribution in [-0.2, 0) is 54.3 Å². The number of carbonyl (C=O) groups is 2. The molecule has 0 bridgehead atoms. The van der Waals surface area contributed by atoms with Crippen molar-refractivity contribution in [2.75, 3.05) is 0 Å². The molecule has 14 heavy (non-hydrogen) atoms. The van der Waals surface area contributed by atoms with E-state index >= 15 is 0 Å². The second kappa shape index (κ2) is 13.4. The van der Waals surface area contributed by atoms with E-state index in [1.807, 2.05) is 0 Å². The first-order valence-electron chi connectivity index (χ1n) is 4.06. The molecule has 4 nitrogen and oxygen atoms in total. The molecule has 0 atom stereocenters. The molecule has 0 rings (SSSR count). The quantitative estimate of drug-likeness (QED) is 0.511. The summed E-state index contributed by atoms with van der Waals surface area (Å²) in [5.41, 5.74) is 0. The van der Waals surface area contributed by atoms with Crippen LogP contribution >= 0.6 is 0 Å². The average molecular weight is 390 g/mol. The van der Waals surface area contributed by atoms with Gasteiger partial charge in [0.1, 0.15) is 0 Å². The van der Waals surface area contributed by atoms with Gasteiger partial charge in [0.2, 0.25) is 0 Å². The summed E-state index contributed by atoms with van der Waals surface area (Å²) in [4.78, 5) is 20.1. The van der Waals surface area contributed by atoms with E-state index in [2.05, 4.69) is 0 Å². The molecule has 2 N–H and O–H groups in total. The van der Waals surface area contributed by atoms with Crippen molar-refractivity contribution < 1.29 is 64.6 Å². The molecule has 0 aromatic carbocycles. The largest absolute Gasteiger partial charge is 0.481 e. The molecule has 0 fully saturated rings. The van der Waals surface area contributed by atoms with Crippen LogP contribution in [0.5, 0.6) is 0 Å². The van der Waals surface area contributed by atoms with E-state index in [-0.39, 0.29) is 57.6 Å². The molecular formula is C8H14Ag2O4. The Bertz CT molecular complexity index is 143. The molecule has 0 amide bonds. The van der Waals surface area contributed by atoms with Crippen molar-refractivity contribution in [2.24, 2.45) is 0 Å². The van der Waals surface area contributed by atoms with E-state index < -0.39 is 11.9 Å². The maximum atomic E-state index is 10.0. The third kappa shape index (κ3) is 18.3. The van der Waals surface area contributed by atoms with Crippen LogP contribution in [0.15, 0.2) is 0 Å². The number of rotatable bonds is 7. The standard InChI is InChI=1S/C8H14O4.2Ag/c9-7(10)5-3-1-2-4-6-8(11)12;;/h1-6H2,(H,9,10)(H,11,12);;. The fourth-order valence-corrected chi connectivity index (χ4v) is 0.906. The number of carboxylic acid groups (broad SMARTS) is 2. The van der Waals surface area contributed by atoms with Crippen LogP contribution in [0, 0.1) is 0 Å². The molecule has 0 saturated heterocycles. The van der Waals surface area contributed by atoms with Crippen molar-refractivity contribution >= 4 is 11.9 Å². The van der Waals surface area contributed by atoms with Gasteiger partial charge in [0.05, 0.1) is 0 Å². The fourth-order valence-electron chi connectivity index (χ4n) is 0.906. The maximum Gasteiger partial charge on any atom is 0.303 e. The SMILES string of the molecule is O=C(O)CCCCCCC(=O)O.[Ag].[Ag]. The minimum Gasteiger partial charge on any atom is -0.481 e. The summed E-state index contributed by atoms with van der Waals surface area (Å²) < 4.78 is 0. The predicted octanol–water partition coefficient (Wildman–Crippen LogP) is 1.49. The molecule has 0 aliphatic rings. The Labute approximate surface area is 114 Å². The van der Waals surface area contributed by atoms with Crippen LogP contribution in [-0.4, -0.2) is 22.2 Å².